The summed E-state index contributed by atoms with van der Waals surface area (Å²) in [5.41, 5.74) is 4.20. The summed E-state index contributed by atoms with van der Waals surface area (Å²) in [6.07, 6.45) is 1.21. The summed E-state index contributed by atoms with van der Waals surface area (Å²) in [4.78, 5) is 2.39. The fraction of sp³-hybridized carbons (Fsp3) is 0.571. The third-order valence-electron chi connectivity index (χ3n) is 2.91. The van der Waals surface area contributed by atoms with Crippen molar-refractivity contribution in [1.29, 1.82) is 0 Å². The number of rotatable bonds is 6. The highest BCUT2D eigenvalue weighted by atomic mass is 15.1. The van der Waals surface area contributed by atoms with Crippen LogP contribution in [0, 0.1) is 13.8 Å². The molecule has 1 rings (SSSR count). The molecule has 0 bridgehead atoms. The molecule has 0 amide bonds. The van der Waals surface area contributed by atoms with Gasteiger partial charge in [0, 0.05) is 6.54 Å². The Labute approximate surface area is 99.7 Å². The quantitative estimate of drug-likeness (QED) is 0.740. The van der Waals surface area contributed by atoms with Gasteiger partial charge in [-0.3, -0.25) is 0 Å². The topological polar surface area (TPSA) is 15.3 Å². The number of nitrogens with zero attached hydrogens (tertiary/aromatic N) is 1. The lowest BCUT2D eigenvalue weighted by Gasteiger charge is -2.18. The molecule has 0 radical (unpaired) electrons. The van der Waals surface area contributed by atoms with E-state index in [4.69, 9.17) is 0 Å². The lowest BCUT2D eigenvalue weighted by Crippen LogP contribution is -2.22. The Morgan fingerprint density at radius 3 is 2.69 bits per heavy atom. The van der Waals surface area contributed by atoms with E-state index in [2.05, 4.69) is 49.3 Å². The van der Waals surface area contributed by atoms with Crippen molar-refractivity contribution in [3.63, 3.8) is 0 Å². The van der Waals surface area contributed by atoms with Gasteiger partial charge in [0.1, 0.15) is 0 Å². The molecule has 0 atom stereocenters. The lowest BCUT2D eigenvalue weighted by atomic mass is 10.1. The molecule has 0 saturated heterocycles. The van der Waals surface area contributed by atoms with Crippen LogP contribution < -0.4 is 5.32 Å². The van der Waals surface area contributed by atoms with Gasteiger partial charge >= 0.3 is 0 Å². The zero-order valence-electron chi connectivity index (χ0n) is 11.0. The van der Waals surface area contributed by atoms with E-state index < -0.39 is 0 Å². The number of hydrogen-bond donors (Lipinski definition) is 1. The third kappa shape index (κ3) is 4.33. The molecule has 2 nitrogen and oxygen atoms in total. The molecule has 90 valence electrons. The Hall–Kier alpha value is -0.860. The Morgan fingerprint density at radius 1 is 1.25 bits per heavy atom. The van der Waals surface area contributed by atoms with Crippen LogP contribution in [0.3, 0.4) is 0 Å². The maximum atomic E-state index is 3.18. The van der Waals surface area contributed by atoms with Crippen molar-refractivity contribution >= 4 is 0 Å². The van der Waals surface area contributed by atoms with E-state index >= 15 is 0 Å². The molecule has 0 aromatic heterocycles. The summed E-state index contributed by atoms with van der Waals surface area (Å²) in [6, 6.07) is 6.69. The normalized spacial score (nSPS) is 11.1. The number of nitrogens with one attached hydrogen (secondary N) is 1. The van der Waals surface area contributed by atoms with E-state index in [0.29, 0.717) is 0 Å². The first-order valence-corrected chi connectivity index (χ1v) is 6.02. The first kappa shape index (κ1) is 13.2. The minimum Gasteiger partial charge on any atom is -0.320 e. The SMILES string of the molecule is CNCCCN(C)Cc1cc(C)ccc1C. The molecule has 16 heavy (non-hydrogen) atoms. The fourth-order valence-corrected chi connectivity index (χ4v) is 1.87. The predicted octanol–water partition coefficient (Wildman–Crippen LogP) is 2.34. The monoisotopic (exact) mass is 220 g/mol. The van der Waals surface area contributed by atoms with E-state index in [-0.39, 0.29) is 0 Å². The molecule has 0 saturated carbocycles. The molecule has 0 unspecified atom stereocenters. The zero-order valence-corrected chi connectivity index (χ0v) is 11.0. The Bertz CT molecular complexity index is 321. The van der Waals surface area contributed by atoms with Crippen LogP contribution in [0.5, 0.6) is 0 Å². The summed E-state index contributed by atoms with van der Waals surface area (Å²) in [5, 5.41) is 3.18. The summed E-state index contributed by atoms with van der Waals surface area (Å²) in [7, 11) is 4.20. The highest BCUT2D eigenvalue weighted by Crippen LogP contribution is 2.12. The highest BCUT2D eigenvalue weighted by molar-refractivity contribution is 5.30. The Kier molecular flexibility index (Phi) is 5.50. The summed E-state index contributed by atoms with van der Waals surface area (Å²) in [6.45, 7) is 7.64. The maximum absolute atomic E-state index is 3.18. The molecule has 0 heterocycles. The second kappa shape index (κ2) is 6.66. The van der Waals surface area contributed by atoms with Crippen molar-refractivity contribution in [2.45, 2.75) is 26.8 Å². The van der Waals surface area contributed by atoms with Gasteiger partial charge in [-0.1, -0.05) is 23.8 Å². The third-order valence-corrected chi connectivity index (χ3v) is 2.91. The molecule has 0 aliphatic carbocycles. The standard InChI is InChI=1S/C14H24N2/c1-12-6-7-13(2)14(10-12)11-16(4)9-5-8-15-3/h6-7,10,15H,5,8-9,11H2,1-4H3. The van der Waals surface area contributed by atoms with Crippen LogP contribution in [0.1, 0.15) is 23.1 Å². The smallest absolute Gasteiger partial charge is 0.0233 e. The van der Waals surface area contributed by atoms with E-state index in [1.165, 1.54) is 23.1 Å². The van der Waals surface area contributed by atoms with Gasteiger partial charge in [0.25, 0.3) is 0 Å². The van der Waals surface area contributed by atoms with Crippen molar-refractivity contribution in [3.8, 4) is 0 Å². The average molecular weight is 220 g/mol. The first-order valence-electron chi connectivity index (χ1n) is 6.02. The summed E-state index contributed by atoms with van der Waals surface area (Å²) >= 11 is 0. The van der Waals surface area contributed by atoms with Crippen molar-refractivity contribution in [1.82, 2.24) is 10.2 Å². The van der Waals surface area contributed by atoms with Gasteiger partial charge in [-0.05, 0) is 58.6 Å². The van der Waals surface area contributed by atoms with E-state index in [9.17, 15) is 0 Å². The van der Waals surface area contributed by atoms with Gasteiger partial charge < -0.3 is 10.2 Å². The first-order chi connectivity index (χ1) is 7.63. The summed E-state index contributed by atoms with van der Waals surface area (Å²) in [5.74, 6) is 0. The van der Waals surface area contributed by atoms with Gasteiger partial charge in [0.05, 0.1) is 0 Å². The average Bonchev–Trinajstić information content (AvgIpc) is 2.24. The fourth-order valence-electron chi connectivity index (χ4n) is 1.87. The van der Waals surface area contributed by atoms with Crippen LogP contribution in [-0.4, -0.2) is 32.1 Å². The minimum absolute atomic E-state index is 1.05. The molecular weight excluding hydrogens is 196 g/mol. The van der Waals surface area contributed by atoms with Crippen molar-refractivity contribution in [2.75, 3.05) is 27.2 Å². The number of hydrogen-bond acceptors (Lipinski definition) is 2. The Balaban J connectivity index is 2.48. The molecular formula is C14H24N2. The molecule has 1 aromatic rings. The number of benzene rings is 1. The Morgan fingerprint density at radius 2 is 2.00 bits per heavy atom. The van der Waals surface area contributed by atoms with Crippen LogP contribution in [-0.2, 0) is 6.54 Å². The second-order valence-electron chi connectivity index (χ2n) is 4.62. The van der Waals surface area contributed by atoms with E-state index in [0.717, 1.165) is 19.6 Å². The second-order valence-corrected chi connectivity index (χ2v) is 4.62. The molecule has 1 aromatic carbocycles. The van der Waals surface area contributed by atoms with Crippen LogP contribution in [0.25, 0.3) is 0 Å². The van der Waals surface area contributed by atoms with E-state index in [1.54, 1.807) is 0 Å². The summed E-state index contributed by atoms with van der Waals surface area (Å²) < 4.78 is 0. The zero-order chi connectivity index (χ0) is 12.0. The van der Waals surface area contributed by atoms with Crippen LogP contribution in [0.15, 0.2) is 18.2 Å². The molecule has 1 N–H and O–H groups in total. The maximum Gasteiger partial charge on any atom is 0.0233 e. The molecule has 0 fully saturated rings. The van der Waals surface area contributed by atoms with Crippen LogP contribution in [0.4, 0.5) is 0 Å². The van der Waals surface area contributed by atoms with Crippen LogP contribution >= 0.6 is 0 Å². The molecule has 0 spiro atoms. The molecule has 0 aliphatic rings. The highest BCUT2D eigenvalue weighted by Gasteiger charge is 2.03. The van der Waals surface area contributed by atoms with Gasteiger partial charge in [0.15, 0.2) is 0 Å². The van der Waals surface area contributed by atoms with Gasteiger partial charge in [-0.15, -0.1) is 0 Å². The predicted molar refractivity (Wildman–Crippen MR) is 70.8 cm³/mol. The van der Waals surface area contributed by atoms with Crippen molar-refractivity contribution in [3.05, 3.63) is 34.9 Å². The van der Waals surface area contributed by atoms with Gasteiger partial charge in [0.2, 0.25) is 0 Å². The van der Waals surface area contributed by atoms with Crippen molar-refractivity contribution < 1.29 is 0 Å². The van der Waals surface area contributed by atoms with Crippen molar-refractivity contribution in [2.24, 2.45) is 0 Å². The van der Waals surface area contributed by atoms with E-state index in [1.807, 2.05) is 7.05 Å². The van der Waals surface area contributed by atoms with Gasteiger partial charge in [-0.25, -0.2) is 0 Å². The minimum atomic E-state index is 1.05. The largest absolute Gasteiger partial charge is 0.320 e. The lowest BCUT2D eigenvalue weighted by molar-refractivity contribution is 0.320. The van der Waals surface area contributed by atoms with Gasteiger partial charge in [-0.2, -0.15) is 0 Å². The number of aryl methyl sites for hydroxylation is 2. The van der Waals surface area contributed by atoms with Crippen LogP contribution in [0.2, 0.25) is 0 Å². The molecule has 2 heteroatoms. The molecule has 0 aliphatic heterocycles.